The molecule has 0 radical (unpaired) electrons. The number of nitrogens with one attached hydrogen (secondary N) is 1. The van der Waals surface area contributed by atoms with Crippen molar-refractivity contribution < 1.29 is 4.74 Å². The van der Waals surface area contributed by atoms with Crippen molar-refractivity contribution in [3.05, 3.63) is 53.2 Å². The Morgan fingerprint density at radius 3 is 2.72 bits per heavy atom. The number of aromatic nitrogens is 1. The Morgan fingerprint density at radius 2 is 2.00 bits per heavy atom. The van der Waals surface area contributed by atoms with E-state index >= 15 is 0 Å². The lowest BCUT2D eigenvalue weighted by atomic mass is 10.1. The largest absolute Gasteiger partial charge is 0.481 e. The molecule has 0 fully saturated rings. The Labute approximate surface area is 108 Å². The zero-order chi connectivity index (χ0) is 13.0. The Kier molecular flexibility index (Phi) is 3.82. The number of methoxy groups -OCH3 is 1. The highest BCUT2D eigenvalue weighted by Crippen LogP contribution is 2.17. The summed E-state index contributed by atoms with van der Waals surface area (Å²) >= 11 is 0. The third-order valence-electron chi connectivity index (χ3n) is 2.83. The van der Waals surface area contributed by atoms with Gasteiger partial charge in [0.25, 0.3) is 0 Å². The fourth-order valence-electron chi connectivity index (χ4n) is 1.87. The summed E-state index contributed by atoms with van der Waals surface area (Å²) in [6, 6.07) is 12.2. The summed E-state index contributed by atoms with van der Waals surface area (Å²) in [4.78, 5) is 4.37. The molecule has 1 N–H and O–H groups in total. The van der Waals surface area contributed by atoms with Crippen LogP contribution in [0.25, 0.3) is 0 Å². The maximum atomic E-state index is 5.11. The van der Waals surface area contributed by atoms with Crippen molar-refractivity contribution in [3.8, 4) is 5.88 Å². The molecule has 3 nitrogen and oxygen atoms in total. The van der Waals surface area contributed by atoms with Gasteiger partial charge in [0.2, 0.25) is 5.88 Å². The van der Waals surface area contributed by atoms with E-state index in [0.717, 1.165) is 11.4 Å². The molecular weight excluding hydrogens is 224 g/mol. The van der Waals surface area contributed by atoms with Crippen LogP contribution in [0.2, 0.25) is 0 Å². The van der Waals surface area contributed by atoms with Gasteiger partial charge in [0, 0.05) is 11.8 Å². The van der Waals surface area contributed by atoms with Gasteiger partial charge < -0.3 is 10.1 Å². The number of pyridine rings is 1. The highest BCUT2D eigenvalue weighted by molar-refractivity contribution is 5.52. The van der Waals surface area contributed by atoms with Gasteiger partial charge in [-0.05, 0) is 31.5 Å². The summed E-state index contributed by atoms with van der Waals surface area (Å²) in [5, 5.41) is 3.39. The van der Waals surface area contributed by atoms with Crippen LogP contribution in [0.15, 0.2) is 36.4 Å². The topological polar surface area (TPSA) is 34.1 Å². The minimum Gasteiger partial charge on any atom is -0.481 e. The third kappa shape index (κ3) is 3.00. The van der Waals surface area contributed by atoms with E-state index in [9.17, 15) is 0 Å². The van der Waals surface area contributed by atoms with E-state index in [2.05, 4.69) is 42.3 Å². The molecule has 0 aliphatic rings. The van der Waals surface area contributed by atoms with E-state index in [1.807, 2.05) is 18.2 Å². The average molecular weight is 242 g/mol. The number of ether oxygens (including phenoxy) is 1. The summed E-state index contributed by atoms with van der Waals surface area (Å²) in [6.45, 7) is 4.90. The molecule has 3 heteroatoms. The van der Waals surface area contributed by atoms with Crippen LogP contribution in [0.3, 0.4) is 0 Å². The number of nitrogens with zero attached hydrogens (tertiary/aromatic N) is 1. The van der Waals surface area contributed by atoms with Crippen molar-refractivity contribution in [1.29, 1.82) is 0 Å². The predicted octanol–water partition coefficient (Wildman–Crippen LogP) is 3.32. The molecule has 0 atom stereocenters. The van der Waals surface area contributed by atoms with Crippen molar-refractivity contribution in [2.45, 2.75) is 20.4 Å². The molecule has 0 unspecified atom stereocenters. The van der Waals surface area contributed by atoms with E-state index in [0.29, 0.717) is 12.4 Å². The first-order valence-corrected chi connectivity index (χ1v) is 6.00. The number of hydrogen-bond donors (Lipinski definition) is 1. The van der Waals surface area contributed by atoms with Crippen LogP contribution in [0.5, 0.6) is 5.88 Å². The van der Waals surface area contributed by atoms with Crippen molar-refractivity contribution in [1.82, 2.24) is 4.98 Å². The molecular formula is C15H18N2O. The fraction of sp³-hybridized carbons (Fsp3) is 0.267. The first-order valence-electron chi connectivity index (χ1n) is 6.00. The molecule has 0 spiro atoms. The van der Waals surface area contributed by atoms with E-state index in [-0.39, 0.29) is 0 Å². The molecule has 18 heavy (non-hydrogen) atoms. The Balaban J connectivity index is 2.06. The minimum atomic E-state index is 0.648. The summed E-state index contributed by atoms with van der Waals surface area (Å²) in [6.07, 6.45) is 0. The highest BCUT2D eigenvalue weighted by Gasteiger charge is 2.00. The third-order valence-corrected chi connectivity index (χ3v) is 2.83. The van der Waals surface area contributed by atoms with Gasteiger partial charge in [-0.15, -0.1) is 0 Å². The lowest BCUT2D eigenvalue weighted by Crippen LogP contribution is -2.03. The van der Waals surface area contributed by atoms with Crippen molar-refractivity contribution >= 4 is 5.69 Å². The van der Waals surface area contributed by atoms with E-state index < -0.39 is 0 Å². The zero-order valence-electron chi connectivity index (χ0n) is 11.0. The second kappa shape index (κ2) is 5.54. The van der Waals surface area contributed by atoms with Gasteiger partial charge in [0.05, 0.1) is 19.3 Å². The molecule has 0 aliphatic heterocycles. The predicted molar refractivity (Wildman–Crippen MR) is 74.0 cm³/mol. The first kappa shape index (κ1) is 12.4. The van der Waals surface area contributed by atoms with Crippen LogP contribution in [0.1, 0.15) is 16.8 Å². The van der Waals surface area contributed by atoms with Crippen molar-refractivity contribution in [2.75, 3.05) is 12.4 Å². The van der Waals surface area contributed by atoms with Crippen LogP contribution in [-0.2, 0) is 6.54 Å². The van der Waals surface area contributed by atoms with Gasteiger partial charge >= 0.3 is 0 Å². The summed E-state index contributed by atoms with van der Waals surface area (Å²) in [5.74, 6) is 0.648. The summed E-state index contributed by atoms with van der Waals surface area (Å²) < 4.78 is 5.11. The number of hydrogen-bond acceptors (Lipinski definition) is 3. The van der Waals surface area contributed by atoms with Gasteiger partial charge in [-0.2, -0.15) is 0 Å². The molecule has 0 bridgehead atoms. The molecule has 1 heterocycles. The normalized spacial score (nSPS) is 10.2. The zero-order valence-corrected chi connectivity index (χ0v) is 11.0. The molecule has 1 aromatic heterocycles. The fourth-order valence-corrected chi connectivity index (χ4v) is 1.87. The second-order valence-electron chi connectivity index (χ2n) is 4.34. The number of anilines is 1. The minimum absolute atomic E-state index is 0.648. The van der Waals surface area contributed by atoms with E-state index in [4.69, 9.17) is 4.74 Å². The molecule has 0 saturated carbocycles. The molecule has 0 aliphatic carbocycles. The SMILES string of the molecule is COc1cccc(CNc2ccc(C)cc2C)n1. The lowest BCUT2D eigenvalue weighted by molar-refractivity contribution is 0.396. The van der Waals surface area contributed by atoms with Crippen LogP contribution in [0, 0.1) is 13.8 Å². The van der Waals surface area contributed by atoms with Crippen LogP contribution in [-0.4, -0.2) is 12.1 Å². The van der Waals surface area contributed by atoms with Crippen molar-refractivity contribution in [3.63, 3.8) is 0 Å². The van der Waals surface area contributed by atoms with Gasteiger partial charge in [-0.1, -0.05) is 23.8 Å². The smallest absolute Gasteiger partial charge is 0.213 e. The highest BCUT2D eigenvalue weighted by atomic mass is 16.5. The summed E-state index contributed by atoms with van der Waals surface area (Å²) in [7, 11) is 1.63. The quantitative estimate of drug-likeness (QED) is 0.893. The second-order valence-corrected chi connectivity index (χ2v) is 4.34. The first-order chi connectivity index (χ1) is 8.69. The number of aryl methyl sites for hydroxylation is 2. The monoisotopic (exact) mass is 242 g/mol. The number of benzene rings is 1. The van der Waals surface area contributed by atoms with E-state index in [1.165, 1.54) is 11.1 Å². The lowest BCUT2D eigenvalue weighted by Gasteiger charge is -2.10. The van der Waals surface area contributed by atoms with Crippen molar-refractivity contribution in [2.24, 2.45) is 0 Å². The Morgan fingerprint density at radius 1 is 1.17 bits per heavy atom. The molecule has 1 aromatic carbocycles. The molecule has 2 aromatic rings. The van der Waals surface area contributed by atoms with Gasteiger partial charge in [0.15, 0.2) is 0 Å². The van der Waals surface area contributed by atoms with Crippen LogP contribution in [0.4, 0.5) is 5.69 Å². The van der Waals surface area contributed by atoms with Crippen LogP contribution < -0.4 is 10.1 Å². The van der Waals surface area contributed by atoms with Gasteiger partial charge in [0.1, 0.15) is 0 Å². The van der Waals surface area contributed by atoms with Gasteiger partial charge in [-0.25, -0.2) is 4.98 Å². The molecule has 0 saturated heterocycles. The van der Waals surface area contributed by atoms with E-state index in [1.54, 1.807) is 7.11 Å². The summed E-state index contributed by atoms with van der Waals surface area (Å²) in [5.41, 5.74) is 4.63. The maximum Gasteiger partial charge on any atom is 0.213 e. The maximum absolute atomic E-state index is 5.11. The molecule has 94 valence electrons. The Hall–Kier alpha value is -2.03. The standard InChI is InChI=1S/C15H18N2O/c1-11-7-8-14(12(2)9-11)16-10-13-5-4-6-15(17-13)18-3/h4-9,16H,10H2,1-3H3. The van der Waals surface area contributed by atoms with Crippen LogP contribution >= 0.6 is 0 Å². The van der Waals surface area contributed by atoms with Gasteiger partial charge in [-0.3, -0.25) is 0 Å². The number of rotatable bonds is 4. The molecule has 0 amide bonds. The Bertz CT molecular complexity index is 538. The molecule has 2 rings (SSSR count). The average Bonchev–Trinajstić information content (AvgIpc) is 2.38.